The van der Waals surface area contributed by atoms with Crippen molar-refractivity contribution < 1.29 is 39.6 Å². The molecule has 55 heavy (non-hydrogen) atoms. The second-order valence-electron chi connectivity index (χ2n) is 14.2. The first-order chi connectivity index (χ1) is 25.9. The van der Waals surface area contributed by atoms with Gasteiger partial charge in [-0.25, -0.2) is 35.6 Å². The molecule has 0 aliphatic heterocycles. The number of alkyl halides is 4. The number of nitrogens with zero attached hydrogens (tertiary/aromatic N) is 5. The molecule has 2 fully saturated rings. The molecule has 4 atom stereocenters. The molecular weight excluding hydrogens is 772 g/mol. The summed E-state index contributed by atoms with van der Waals surface area (Å²) in [5.41, 5.74) is 4.83. The number of hydrogen-bond acceptors (Lipinski definition) is 6. The van der Waals surface area contributed by atoms with Crippen LogP contribution in [0.25, 0.3) is 22.0 Å². The fraction of sp³-hybridized carbons (Fsp3) is 0.351. The van der Waals surface area contributed by atoms with Crippen molar-refractivity contribution in [1.29, 1.82) is 0 Å². The zero-order valence-corrected chi connectivity index (χ0v) is 30.5. The Balaban J connectivity index is 1.42. The van der Waals surface area contributed by atoms with E-state index in [-0.39, 0.29) is 62.2 Å². The quantitative estimate of drug-likeness (QED) is 0.114. The maximum atomic E-state index is 16.0. The summed E-state index contributed by atoms with van der Waals surface area (Å²) in [5.74, 6) is -4.45. The predicted octanol–water partition coefficient (Wildman–Crippen LogP) is 7.10. The van der Waals surface area contributed by atoms with E-state index in [0.717, 1.165) is 31.2 Å². The van der Waals surface area contributed by atoms with E-state index >= 15 is 8.78 Å². The number of rotatable bonds is 10. The maximum Gasteiger partial charge on any atom is 0.293 e. The number of aryl methyl sites for hydroxylation is 1. The Morgan fingerprint density at radius 1 is 1.07 bits per heavy atom. The Labute approximate surface area is 315 Å². The molecule has 0 saturated heterocycles. The number of fused-ring (bicyclic) bond motifs is 4. The van der Waals surface area contributed by atoms with Gasteiger partial charge in [-0.3, -0.25) is 14.2 Å². The van der Waals surface area contributed by atoms with Crippen LogP contribution in [0, 0.1) is 35.3 Å². The molecule has 286 valence electrons. The van der Waals surface area contributed by atoms with Crippen molar-refractivity contribution in [1.82, 2.24) is 24.5 Å². The van der Waals surface area contributed by atoms with Crippen LogP contribution in [0.1, 0.15) is 77.5 Å². The van der Waals surface area contributed by atoms with Gasteiger partial charge >= 0.3 is 0 Å². The van der Waals surface area contributed by atoms with Crippen LogP contribution >= 0.6 is 11.6 Å². The lowest BCUT2D eigenvalue weighted by atomic mass is 9.84. The van der Waals surface area contributed by atoms with Crippen molar-refractivity contribution in [3.8, 4) is 23.0 Å². The average Bonchev–Trinajstić information content (AvgIpc) is 4.00. The van der Waals surface area contributed by atoms with Crippen molar-refractivity contribution >= 4 is 44.3 Å². The lowest BCUT2D eigenvalue weighted by molar-refractivity contribution is -0.122. The Bertz CT molecular complexity index is 2590. The van der Waals surface area contributed by atoms with Crippen LogP contribution in [-0.4, -0.2) is 45.1 Å². The van der Waals surface area contributed by atoms with E-state index < -0.39 is 81.5 Å². The maximum absolute atomic E-state index is 16.0. The van der Waals surface area contributed by atoms with Crippen molar-refractivity contribution in [2.45, 2.75) is 55.9 Å². The molecule has 18 heteroatoms. The van der Waals surface area contributed by atoms with Gasteiger partial charge in [0.1, 0.15) is 34.8 Å². The van der Waals surface area contributed by atoms with E-state index in [1.54, 1.807) is 18.2 Å². The number of carbonyl (C=O) groups excluding carboxylic acids is 1. The fourth-order valence-corrected chi connectivity index (χ4v) is 8.48. The third-order valence-electron chi connectivity index (χ3n) is 10.2. The number of pyridine rings is 1. The highest BCUT2D eigenvalue weighted by Crippen LogP contribution is 2.68. The fourth-order valence-electron chi connectivity index (χ4n) is 7.75. The Hall–Kier alpha value is -5.08. The summed E-state index contributed by atoms with van der Waals surface area (Å²) in [5, 5.41) is 8.55. The first kappa shape index (κ1) is 36.9. The Morgan fingerprint density at radius 2 is 1.76 bits per heavy atom. The van der Waals surface area contributed by atoms with E-state index in [0.29, 0.717) is 16.3 Å². The first-order valence-electron chi connectivity index (χ1n) is 17.1. The molecule has 3 aliphatic carbocycles. The number of nitrogens with two attached hydrogens (primary N) is 1. The van der Waals surface area contributed by atoms with E-state index in [4.69, 9.17) is 22.3 Å². The minimum absolute atomic E-state index is 0.0344. The standard InChI is InChI=1S/C37H30ClF6N7O3S/c1-50-31-22(9-10-26(38)28(31)36(48-50)49-55(2,53)54)21-8-7-20(6-5-16-3-4-16)46-29(21)24(13-17-11-18(39)14-19(40)12-17)32(35(45)52)51-33-27(30(47-51)34(41)42)23-15-25(23)37(33,43)44/h7-12,14,16,23-25,32,34H,3-4,13,15H2,1-2H3,(H2,45,52)(H,48,49)/t23-,24+,25+,32?/m0/s1. The summed E-state index contributed by atoms with van der Waals surface area (Å²) in [6.45, 7) is 0. The van der Waals surface area contributed by atoms with Crippen molar-refractivity contribution in [2.75, 3.05) is 11.0 Å². The van der Waals surface area contributed by atoms with Crippen molar-refractivity contribution in [2.24, 2.45) is 24.6 Å². The molecule has 0 bridgehead atoms. The lowest BCUT2D eigenvalue weighted by Gasteiger charge is -2.29. The van der Waals surface area contributed by atoms with E-state index in [1.807, 2.05) is 0 Å². The lowest BCUT2D eigenvalue weighted by Crippen LogP contribution is -2.37. The highest BCUT2D eigenvalue weighted by Gasteiger charge is 2.67. The highest BCUT2D eigenvalue weighted by molar-refractivity contribution is 7.92. The topological polar surface area (TPSA) is 138 Å². The summed E-state index contributed by atoms with van der Waals surface area (Å²) >= 11 is 6.60. The van der Waals surface area contributed by atoms with Gasteiger partial charge in [-0.1, -0.05) is 23.6 Å². The number of carbonyl (C=O) groups is 1. The average molecular weight is 802 g/mol. The molecule has 3 aromatic heterocycles. The minimum Gasteiger partial charge on any atom is -0.368 e. The Morgan fingerprint density at radius 3 is 2.40 bits per heavy atom. The summed E-state index contributed by atoms with van der Waals surface area (Å²) in [4.78, 5) is 18.6. The number of nitrogens with one attached hydrogen (secondary N) is 1. The molecular formula is C37H30ClF6N7O3S. The van der Waals surface area contributed by atoms with Crippen LogP contribution in [0.5, 0.6) is 0 Å². The smallest absolute Gasteiger partial charge is 0.293 e. The van der Waals surface area contributed by atoms with Crippen molar-refractivity contribution in [3.05, 3.63) is 93.0 Å². The first-order valence-corrected chi connectivity index (χ1v) is 19.4. The van der Waals surface area contributed by atoms with Gasteiger partial charge in [0.15, 0.2) is 5.82 Å². The van der Waals surface area contributed by atoms with Gasteiger partial charge in [-0.05, 0) is 73.4 Å². The number of anilines is 1. The Kier molecular flexibility index (Phi) is 8.72. The number of benzene rings is 2. The van der Waals surface area contributed by atoms with Gasteiger partial charge < -0.3 is 5.73 Å². The molecule has 0 radical (unpaired) electrons. The SMILES string of the molecule is Cn1nc(NS(C)(=O)=O)c2c(Cl)ccc(-c3ccc(C#CC4CC4)nc3[C@@H](Cc3cc(F)cc(F)c3)C(C(N)=O)n3nc(C(F)F)c4c3C(F)(F)[C@@H]3C[C@H]43)c21. The summed E-state index contributed by atoms with van der Waals surface area (Å²) in [6.07, 6.45) is -1.12. The van der Waals surface area contributed by atoms with Crippen LogP contribution < -0.4 is 10.5 Å². The molecule has 10 nitrogen and oxygen atoms in total. The second-order valence-corrected chi connectivity index (χ2v) is 16.4. The number of hydrogen-bond donors (Lipinski definition) is 2. The third-order valence-corrected chi connectivity index (χ3v) is 11.1. The van der Waals surface area contributed by atoms with Gasteiger partial charge in [-0.15, -0.1) is 0 Å². The normalized spacial score (nSPS) is 19.5. The van der Waals surface area contributed by atoms with Crippen LogP contribution in [-0.2, 0) is 34.2 Å². The molecule has 3 aliphatic rings. The highest BCUT2D eigenvalue weighted by atomic mass is 35.5. The van der Waals surface area contributed by atoms with Crippen LogP contribution in [0.4, 0.5) is 32.2 Å². The van der Waals surface area contributed by atoms with Gasteiger partial charge in [0, 0.05) is 47.6 Å². The monoisotopic (exact) mass is 801 g/mol. The number of sulfonamides is 1. The predicted molar refractivity (Wildman–Crippen MR) is 190 cm³/mol. The molecule has 1 amide bonds. The molecule has 3 heterocycles. The van der Waals surface area contributed by atoms with Crippen molar-refractivity contribution in [3.63, 3.8) is 0 Å². The summed E-state index contributed by atoms with van der Waals surface area (Å²) < 4.78 is 119. The van der Waals surface area contributed by atoms with E-state index in [2.05, 4.69) is 26.8 Å². The molecule has 2 saturated carbocycles. The van der Waals surface area contributed by atoms with Gasteiger partial charge in [0.2, 0.25) is 15.9 Å². The van der Waals surface area contributed by atoms with Gasteiger partial charge in [0.05, 0.1) is 27.9 Å². The van der Waals surface area contributed by atoms with Gasteiger partial charge in [0.25, 0.3) is 12.3 Å². The molecule has 8 rings (SSSR count). The minimum atomic E-state index is -3.85. The van der Waals surface area contributed by atoms with E-state index in [9.17, 15) is 30.8 Å². The molecule has 1 unspecified atom stereocenters. The summed E-state index contributed by atoms with van der Waals surface area (Å²) in [6, 6.07) is 6.81. The second kappa shape index (κ2) is 13.0. The molecule has 5 aromatic rings. The van der Waals surface area contributed by atoms with E-state index in [1.165, 1.54) is 17.8 Å². The largest absolute Gasteiger partial charge is 0.368 e. The number of aromatic nitrogens is 5. The van der Waals surface area contributed by atoms with Gasteiger partial charge in [-0.2, -0.15) is 19.0 Å². The van der Waals surface area contributed by atoms with Crippen LogP contribution in [0.2, 0.25) is 5.02 Å². The number of amides is 1. The molecule has 0 spiro atoms. The third kappa shape index (κ3) is 6.58. The summed E-state index contributed by atoms with van der Waals surface area (Å²) in [7, 11) is -2.33. The van der Waals surface area contributed by atoms with Crippen LogP contribution in [0.15, 0.2) is 42.5 Å². The number of halogens is 7. The molecule has 3 N–H and O–H groups in total. The van der Waals surface area contributed by atoms with Crippen LogP contribution in [0.3, 0.4) is 0 Å². The number of primary amides is 1. The molecule has 2 aromatic carbocycles. The zero-order chi connectivity index (χ0) is 39.3. The zero-order valence-electron chi connectivity index (χ0n) is 28.9.